The largest absolute Gasteiger partial charge is 0.479 e. The van der Waals surface area contributed by atoms with E-state index < -0.39 is 0 Å². The van der Waals surface area contributed by atoms with Crippen LogP contribution in [0.25, 0.3) is 0 Å². The number of ketones is 1. The zero-order valence-corrected chi connectivity index (χ0v) is 14.3. The molecule has 0 saturated carbocycles. The highest BCUT2D eigenvalue weighted by molar-refractivity contribution is 5.97. The molecular formula is C19H24N2O3. The number of carbonyl (C=O) groups excluding carboxylic acids is 1. The molecule has 1 aromatic carbocycles. The van der Waals surface area contributed by atoms with Crippen molar-refractivity contribution in [2.75, 3.05) is 20.2 Å². The van der Waals surface area contributed by atoms with E-state index in [4.69, 9.17) is 9.26 Å². The molecule has 1 aliphatic heterocycles. The second-order valence-corrected chi connectivity index (χ2v) is 6.44. The van der Waals surface area contributed by atoms with Gasteiger partial charge in [0.25, 0.3) is 5.88 Å². The van der Waals surface area contributed by atoms with Gasteiger partial charge in [-0.1, -0.05) is 30.3 Å². The molecule has 1 atom stereocenters. The number of methoxy groups -OCH3 is 1. The third-order valence-corrected chi connectivity index (χ3v) is 4.88. The Hall–Kier alpha value is -2.14. The fourth-order valence-corrected chi connectivity index (χ4v) is 3.33. The molecule has 0 bridgehead atoms. The lowest BCUT2D eigenvalue weighted by molar-refractivity contribution is 0.0735. The zero-order chi connectivity index (χ0) is 16.9. The highest BCUT2D eigenvalue weighted by Gasteiger charge is 2.29. The van der Waals surface area contributed by atoms with Gasteiger partial charge in [-0.2, -0.15) is 0 Å². The first-order valence-electron chi connectivity index (χ1n) is 8.50. The first-order valence-corrected chi connectivity index (χ1v) is 8.50. The fraction of sp³-hybridized carbons (Fsp3) is 0.474. The smallest absolute Gasteiger partial charge is 0.254 e. The van der Waals surface area contributed by atoms with Gasteiger partial charge in [-0.25, -0.2) is 0 Å². The standard InChI is InChI=1S/C19H24N2O3/c1-14(19(22)17-13-18(23-2)20-24-17)21-10-8-16(9-11-21)12-15-6-4-3-5-7-15/h3-7,13-14,16H,8-12H2,1-2H3. The van der Waals surface area contributed by atoms with Gasteiger partial charge in [0, 0.05) is 0 Å². The Balaban J connectivity index is 1.53. The minimum atomic E-state index is -0.194. The van der Waals surface area contributed by atoms with Crippen molar-refractivity contribution in [3.63, 3.8) is 0 Å². The van der Waals surface area contributed by atoms with Gasteiger partial charge in [-0.15, -0.1) is 0 Å². The van der Waals surface area contributed by atoms with Crippen molar-refractivity contribution in [1.29, 1.82) is 0 Å². The van der Waals surface area contributed by atoms with Crippen molar-refractivity contribution in [2.45, 2.75) is 32.2 Å². The van der Waals surface area contributed by atoms with Crippen LogP contribution in [-0.2, 0) is 6.42 Å². The molecule has 1 saturated heterocycles. The van der Waals surface area contributed by atoms with E-state index in [-0.39, 0.29) is 17.6 Å². The number of ether oxygens (including phenoxy) is 1. The molecule has 1 aliphatic rings. The molecule has 2 heterocycles. The van der Waals surface area contributed by atoms with Gasteiger partial charge in [0.2, 0.25) is 11.5 Å². The topological polar surface area (TPSA) is 55.6 Å². The molecule has 0 aliphatic carbocycles. The van der Waals surface area contributed by atoms with Gasteiger partial charge in [-0.3, -0.25) is 9.69 Å². The van der Waals surface area contributed by atoms with Crippen LogP contribution in [0.5, 0.6) is 5.88 Å². The number of piperidine rings is 1. The van der Waals surface area contributed by atoms with Crippen molar-refractivity contribution >= 4 is 5.78 Å². The summed E-state index contributed by atoms with van der Waals surface area (Å²) < 4.78 is 10.0. The van der Waals surface area contributed by atoms with E-state index in [9.17, 15) is 4.79 Å². The summed E-state index contributed by atoms with van der Waals surface area (Å²) in [5.74, 6) is 1.27. The summed E-state index contributed by atoms with van der Waals surface area (Å²) in [7, 11) is 1.51. The zero-order valence-electron chi connectivity index (χ0n) is 14.3. The lowest BCUT2D eigenvalue weighted by Crippen LogP contribution is -2.44. The van der Waals surface area contributed by atoms with Crippen LogP contribution in [0.2, 0.25) is 0 Å². The van der Waals surface area contributed by atoms with Crippen molar-refractivity contribution in [1.82, 2.24) is 10.1 Å². The van der Waals surface area contributed by atoms with Gasteiger partial charge in [0.05, 0.1) is 19.2 Å². The maximum absolute atomic E-state index is 12.5. The molecule has 0 radical (unpaired) electrons. The maximum Gasteiger partial charge on any atom is 0.254 e. The molecule has 0 spiro atoms. The lowest BCUT2D eigenvalue weighted by atomic mass is 9.89. The Morgan fingerprint density at radius 1 is 1.33 bits per heavy atom. The Bertz CT molecular complexity index is 660. The Morgan fingerprint density at radius 3 is 2.67 bits per heavy atom. The van der Waals surface area contributed by atoms with Gasteiger partial charge in [-0.05, 0) is 55.9 Å². The molecule has 5 heteroatoms. The predicted molar refractivity (Wildman–Crippen MR) is 91.3 cm³/mol. The van der Waals surface area contributed by atoms with E-state index in [1.807, 2.05) is 6.92 Å². The number of benzene rings is 1. The third kappa shape index (κ3) is 3.85. The molecular weight excluding hydrogens is 304 g/mol. The number of aromatic nitrogens is 1. The average molecular weight is 328 g/mol. The molecule has 1 fully saturated rings. The molecule has 0 amide bonds. The lowest BCUT2D eigenvalue weighted by Gasteiger charge is -2.35. The molecule has 1 unspecified atom stereocenters. The number of rotatable bonds is 6. The van der Waals surface area contributed by atoms with E-state index in [1.165, 1.54) is 12.7 Å². The number of hydrogen-bond donors (Lipinski definition) is 0. The van der Waals surface area contributed by atoms with Crippen LogP contribution in [0.1, 0.15) is 35.9 Å². The average Bonchev–Trinajstić information content (AvgIpc) is 3.11. The summed E-state index contributed by atoms with van der Waals surface area (Å²) in [6.07, 6.45) is 3.36. The van der Waals surface area contributed by atoms with Gasteiger partial charge in [0.15, 0.2) is 0 Å². The van der Waals surface area contributed by atoms with E-state index in [0.717, 1.165) is 32.4 Å². The number of carbonyl (C=O) groups is 1. The third-order valence-electron chi connectivity index (χ3n) is 4.88. The number of hydrogen-bond acceptors (Lipinski definition) is 5. The molecule has 128 valence electrons. The van der Waals surface area contributed by atoms with Crippen molar-refractivity contribution < 1.29 is 14.1 Å². The second-order valence-electron chi connectivity index (χ2n) is 6.44. The van der Waals surface area contributed by atoms with Crippen molar-refractivity contribution in [2.24, 2.45) is 5.92 Å². The van der Waals surface area contributed by atoms with Crippen LogP contribution in [0, 0.1) is 5.92 Å². The van der Waals surface area contributed by atoms with Crippen LogP contribution in [0.4, 0.5) is 0 Å². The van der Waals surface area contributed by atoms with Crippen molar-refractivity contribution in [3.8, 4) is 5.88 Å². The number of nitrogens with zero attached hydrogens (tertiary/aromatic N) is 2. The quantitative estimate of drug-likeness (QED) is 0.762. The van der Waals surface area contributed by atoms with Crippen LogP contribution >= 0.6 is 0 Å². The van der Waals surface area contributed by atoms with Gasteiger partial charge >= 0.3 is 0 Å². The van der Waals surface area contributed by atoms with Crippen LogP contribution in [0.15, 0.2) is 40.9 Å². The van der Waals surface area contributed by atoms with E-state index in [2.05, 4.69) is 40.4 Å². The predicted octanol–water partition coefficient (Wildman–Crippen LogP) is 3.21. The first-order chi connectivity index (χ1) is 11.7. The molecule has 0 N–H and O–H groups in total. The number of likely N-dealkylation sites (tertiary alicyclic amines) is 1. The molecule has 1 aromatic heterocycles. The van der Waals surface area contributed by atoms with E-state index in [1.54, 1.807) is 6.07 Å². The minimum absolute atomic E-state index is 0.0349. The first kappa shape index (κ1) is 16.7. The van der Waals surface area contributed by atoms with E-state index in [0.29, 0.717) is 11.8 Å². The summed E-state index contributed by atoms with van der Waals surface area (Å²) >= 11 is 0. The Kier molecular flexibility index (Phi) is 5.30. The maximum atomic E-state index is 12.5. The van der Waals surface area contributed by atoms with Gasteiger partial charge in [0.1, 0.15) is 0 Å². The summed E-state index contributed by atoms with van der Waals surface area (Å²) in [6, 6.07) is 12.0. The van der Waals surface area contributed by atoms with Crippen molar-refractivity contribution in [3.05, 3.63) is 47.7 Å². The number of Topliss-reactive ketones (excluding diaryl/α,β-unsaturated/α-hetero) is 1. The Morgan fingerprint density at radius 2 is 2.04 bits per heavy atom. The van der Waals surface area contributed by atoms with Crippen LogP contribution in [-0.4, -0.2) is 42.1 Å². The minimum Gasteiger partial charge on any atom is -0.479 e. The molecule has 2 aromatic rings. The molecule has 5 nitrogen and oxygen atoms in total. The highest BCUT2D eigenvalue weighted by Crippen LogP contribution is 2.24. The SMILES string of the molecule is COc1cc(C(=O)C(C)N2CCC(Cc3ccccc3)CC2)on1. The monoisotopic (exact) mass is 328 g/mol. The summed E-state index contributed by atoms with van der Waals surface area (Å²) in [4.78, 5) is 14.7. The van der Waals surface area contributed by atoms with Crippen LogP contribution < -0.4 is 4.74 Å². The normalized spacial score (nSPS) is 17.6. The fourth-order valence-electron chi connectivity index (χ4n) is 3.33. The second kappa shape index (κ2) is 7.62. The Labute approximate surface area is 142 Å². The van der Waals surface area contributed by atoms with Crippen LogP contribution in [0.3, 0.4) is 0 Å². The molecule has 3 rings (SSSR count). The van der Waals surface area contributed by atoms with Gasteiger partial charge < -0.3 is 9.26 Å². The summed E-state index contributed by atoms with van der Waals surface area (Å²) in [6.45, 7) is 3.82. The summed E-state index contributed by atoms with van der Waals surface area (Å²) in [5, 5.41) is 3.71. The van der Waals surface area contributed by atoms with E-state index >= 15 is 0 Å². The highest BCUT2D eigenvalue weighted by atomic mass is 16.5. The molecule has 24 heavy (non-hydrogen) atoms. The summed E-state index contributed by atoms with van der Waals surface area (Å²) in [5.41, 5.74) is 1.40.